The number of anilines is 6. The number of para-hydroxylation sites is 4. The van der Waals surface area contributed by atoms with Crippen molar-refractivity contribution < 1.29 is 0 Å². The predicted octanol–water partition coefficient (Wildman–Crippen LogP) is 15.5. The maximum Gasteiger partial charge on any atom is 0.0717 e. The van der Waals surface area contributed by atoms with Gasteiger partial charge in [-0.2, -0.15) is 0 Å². The van der Waals surface area contributed by atoms with Crippen molar-refractivity contribution in [2.75, 3.05) is 9.80 Å². The number of fused-ring (bicyclic) bond motifs is 5. The fourth-order valence-corrected chi connectivity index (χ4v) is 9.10. The minimum Gasteiger partial charge on any atom is -0.308 e. The van der Waals surface area contributed by atoms with E-state index >= 15 is 0 Å². The summed E-state index contributed by atoms with van der Waals surface area (Å²) in [5, 5.41) is 5.07. The molecule has 0 amide bonds. The monoisotopic (exact) mass is 720 g/mol. The van der Waals surface area contributed by atoms with Crippen LogP contribution in [0.1, 0.15) is 0 Å². The first kappa shape index (κ1) is 32.7. The molecule has 55 heavy (non-hydrogen) atoms. The summed E-state index contributed by atoms with van der Waals surface area (Å²) in [6, 6.07) is 78.9. The van der Waals surface area contributed by atoms with E-state index in [-0.39, 0.29) is 0 Å². The molecule has 260 valence electrons. The highest BCUT2D eigenvalue weighted by atomic mass is 32.1. The first-order valence-electron chi connectivity index (χ1n) is 18.7. The molecule has 0 aliphatic rings. The molecule has 0 unspecified atom stereocenters. The van der Waals surface area contributed by atoms with Crippen LogP contribution in [0.25, 0.3) is 53.2 Å². The van der Waals surface area contributed by atoms with Crippen LogP contribution in [0.5, 0.6) is 0 Å². The zero-order valence-electron chi connectivity index (χ0n) is 30.1. The number of hydrogen-bond donors (Lipinski definition) is 0. The first-order chi connectivity index (χ1) is 27.3. The van der Waals surface area contributed by atoms with Gasteiger partial charge < -0.3 is 9.80 Å². The minimum atomic E-state index is 1.08. The summed E-state index contributed by atoms with van der Waals surface area (Å²) < 4.78 is 2.52. The Hall–Kier alpha value is -6.94. The molecule has 9 aromatic carbocycles. The molecular weight excluding hydrogens is 685 g/mol. The van der Waals surface area contributed by atoms with Gasteiger partial charge in [-0.05, 0) is 76.5 Å². The molecule has 10 aromatic rings. The first-order valence-corrected chi connectivity index (χ1v) is 19.5. The van der Waals surface area contributed by atoms with Gasteiger partial charge in [0, 0.05) is 42.7 Å². The molecule has 0 N–H and O–H groups in total. The van der Waals surface area contributed by atoms with E-state index in [1.165, 1.54) is 42.1 Å². The maximum atomic E-state index is 2.47. The quantitative estimate of drug-likeness (QED) is 0.154. The van der Waals surface area contributed by atoms with Crippen LogP contribution in [0.2, 0.25) is 0 Å². The molecule has 3 heteroatoms. The van der Waals surface area contributed by atoms with Crippen LogP contribution in [0, 0.1) is 0 Å². The fourth-order valence-electron chi connectivity index (χ4n) is 7.96. The summed E-state index contributed by atoms with van der Waals surface area (Å²) >= 11 is 1.87. The van der Waals surface area contributed by atoms with Gasteiger partial charge >= 0.3 is 0 Å². The fraction of sp³-hybridized carbons (Fsp3) is 0. The second kappa shape index (κ2) is 14.1. The van der Waals surface area contributed by atoms with Gasteiger partial charge in [-0.1, -0.05) is 164 Å². The van der Waals surface area contributed by atoms with Gasteiger partial charge in [-0.3, -0.25) is 0 Å². The van der Waals surface area contributed by atoms with Crippen molar-refractivity contribution in [1.82, 2.24) is 0 Å². The Morgan fingerprint density at radius 1 is 0.309 bits per heavy atom. The lowest BCUT2D eigenvalue weighted by Crippen LogP contribution is -2.18. The largest absolute Gasteiger partial charge is 0.308 e. The molecule has 0 aliphatic heterocycles. The molecule has 0 radical (unpaired) electrons. The molecule has 2 nitrogen and oxygen atoms in total. The number of nitrogens with zero attached hydrogens (tertiary/aromatic N) is 2. The molecule has 0 spiro atoms. The van der Waals surface area contributed by atoms with E-state index in [4.69, 9.17) is 0 Å². The SMILES string of the molecule is c1ccc(-c2ccccc2N(c2ccccc2)c2cc3sc4ccc5ccccc5c4c3cc2N(c2ccccc2)c2ccccc2-c2ccccc2)cc1. The molecule has 0 bridgehead atoms. The number of rotatable bonds is 8. The lowest BCUT2D eigenvalue weighted by molar-refractivity contribution is 1.23. The molecule has 1 heterocycles. The van der Waals surface area contributed by atoms with Crippen LogP contribution in [-0.2, 0) is 0 Å². The summed E-state index contributed by atoms with van der Waals surface area (Å²) in [6.07, 6.45) is 0. The second-order valence-electron chi connectivity index (χ2n) is 13.7. The van der Waals surface area contributed by atoms with E-state index in [1.807, 2.05) is 11.3 Å². The average molecular weight is 721 g/mol. The van der Waals surface area contributed by atoms with Crippen molar-refractivity contribution in [2.45, 2.75) is 0 Å². The van der Waals surface area contributed by atoms with E-state index in [0.29, 0.717) is 0 Å². The van der Waals surface area contributed by atoms with Crippen LogP contribution in [-0.4, -0.2) is 0 Å². The Morgan fingerprint density at radius 3 is 1.33 bits per heavy atom. The van der Waals surface area contributed by atoms with E-state index in [0.717, 1.165) is 45.3 Å². The Bertz CT molecular complexity index is 2920. The summed E-state index contributed by atoms with van der Waals surface area (Å²) in [6.45, 7) is 0. The number of hydrogen-bond acceptors (Lipinski definition) is 3. The topological polar surface area (TPSA) is 6.48 Å². The summed E-state index contributed by atoms with van der Waals surface area (Å²) in [5.41, 5.74) is 11.2. The van der Waals surface area contributed by atoms with Crippen molar-refractivity contribution in [3.63, 3.8) is 0 Å². The van der Waals surface area contributed by atoms with Gasteiger partial charge in [0.05, 0.1) is 22.7 Å². The standard InChI is InChI=1S/C52H36N2S/c1-5-19-37(20-6-1)42-28-15-17-31-46(42)53(40-24-9-3-10-25-40)48-35-45-51(55-50-34-33-39-23-13-14-30-44(39)52(45)50)36-49(48)54(41-26-11-4-12-27-41)47-32-18-16-29-43(47)38-21-7-2-8-22-38/h1-36H. The van der Waals surface area contributed by atoms with E-state index < -0.39 is 0 Å². The molecule has 10 rings (SSSR count). The number of thiophene rings is 1. The van der Waals surface area contributed by atoms with E-state index in [9.17, 15) is 0 Å². The maximum absolute atomic E-state index is 2.47. The third kappa shape index (κ3) is 5.92. The van der Waals surface area contributed by atoms with Crippen molar-refractivity contribution in [2.24, 2.45) is 0 Å². The highest BCUT2D eigenvalue weighted by Gasteiger charge is 2.27. The molecule has 0 atom stereocenters. The third-order valence-electron chi connectivity index (χ3n) is 10.4. The average Bonchev–Trinajstić information content (AvgIpc) is 3.64. The van der Waals surface area contributed by atoms with Crippen molar-refractivity contribution in [3.8, 4) is 22.3 Å². The smallest absolute Gasteiger partial charge is 0.0717 e. The summed E-state index contributed by atoms with van der Waals surface area (Å²) in [7, 11) is 0. The molecule has 0 saturated heterocycles. The van der Waals surface area contributed by atoms with E-state index in [1.54, 1.807) is 0 Å². The molecule has 1 aromatic heterocycles. The molecule has 0 aliphatic carbocycles. The van der Waals surface area contributed by atoms with Crippen LogP contribution >= 0.6 is 11.3 Å². The van der Waals surface area contributed by atoms with E-state index in [2.05, 4.69) is 228 Å². The van der Waals surface area contributed by atoms with Crippen molar-refractivity contribution >= 4 is 76.4 Å². The lowest BCUT2D eigenvalue weighted by atomic mass is 9.99. The second-order valence-corrected chi connectivity index (χ2v) is 14.8. The van der Waals surface area contributed by atoms with Gasteiger partial charge in [0.2, 0.25) is 0 Å². The van der Waals surface area contributed by atoms with Crippen molar-refractivity contribution in [1.29, 1.82) is 0 Å². The Labute approximate surface area is 325 Å². The Kier molecular flexibility index (Phi) is 8.40. The van der Waals surface area contributed by atoms with Crippen molar-refractivity contribution in [3.05, 3.63) is 218 Å². The van der Waals surface area contributed by atoms with Crippen LogP contribution in [0.4, 0.5) is 34.1 Å². The zero-order chi connectivity index (χ0) is 36.6. The van der Waals surface area contributed by atoms with Gasteiger partial charge in [-0.15, -0.1) is 11.3 Å². The highest BCUT2D eigenvalue weighted by molar-refractivity contribution is 7.26. The van der Waals surface area contributed by atoms with Gasteiger partial charge in [0.1, 0.15) is 0 Å². The zero-order valence-corrected chi connectivity index (χ0v) is 30.9. The molecule has 0 fully saturated rings. The summed E-state index contributed by atoms with van der Waals surface area (Å²) in [4.78, 5) is 4.92. The molecule has 0 saturated carbocycles. The van der Waals surface area contributed by atoms with Crippen LogP contribution in [0.3, 0.4) is 0 Å². The van der Waals surface area contributed by atoms with Crippen LogP contribution < -0.4 is 9.80 Å². The van der Waals surface area contributed by atoms with Gasteiger partial charge in [-0.25, -0.2) is 0 Å². The van der Waals surface area contributed by atoms with Crippen LogP contribution in [0.15, 0.2) is 218 Å². The Balaban J connectivity index is 1.35. The highest BCUT2D eigenvalue weighted by Crippen LogP contribution is 2.52. The molecular formula is C52H36N2S. The lowest BCUT2D eigenvalue weighted by Gasteiger charge is -2.35. The normalized spacial score (nSPS) is 11.3. The third-order valence-corrected chi connectivity index (χ3v) is 11.5. The predicted molar refractivity (Wildman–Crippen MR) is 237 cm³/mol. The number of benzene rings is 9. The van der Waals surface area contributed by atoms with Gasteiger partial charge in [0.25, 0.3) is 0 Å². The Morgan fingerprint density at radius 2 is 0.764 bits per heavy atom. The summed E-state index contributed by atoms with van der Waals surface area (Å²) in [5.74, 6) is 0. The minimum absolute atomic E-state index is 1.08. The van der Waals surface area contributed by atoms with Gasteiger partial charge in [0.15, 0.2) is 0 Å².